The van der Waals surface area contributed by atoms with Crippen molar-refractivity contribution in [3.63, 3.8) is 0 Å². The van der Waals surface area contributed by atoms with E-state index in [1.54, 1.807) is 30.3 Å². The number of aromatic nitrogens is 1. The molecule has 11 heteroatoms. The van der Waals surface area contributed by atoms with Crippen LogP contribution in [0.5, 0.6) is 11.5 Å². The number of hydrogen-bond acceptors (Lipinski definition) is 8. The van der Waals surface area contributed by atoms with Gasteiger partial charge in [-0.1, -0.05) is 66.2 Å². The van der Waals surface area contributed by atoms with Crippen LogP contribution in [-0.4, -0.2) is 60.1 Å². The summed E-state index contributed by atoms with van der Waals surface area (Å²) in [7, 11) is 3.60. The second kappa shape index (κ2) is 17.3. The van der Waals surface area contributed by atoms with Gasteiger partial charge in [0.25, 0.3) is 5.91 Å². The van der Waals surface area contributed by atoms with Crippen LogP contribution in [0.3, 0.4) is 0 Å². The molecule has 1 fully saturated rings. The Kier molecular flexibility index (Phi) is 12.1. The first-order valence-electron chi connectivity index (χ1n) is 17.5. The number of halogens is 1. The zero-order chi connectivity index (χ0) is 37.3. The SMILES string of the molecule is COc1ccc(COc2cccc(NC(=O)c3c(N)ncc(-c4cc(C)cc(Cl)c4)c3CN(C)C[C@@H]3CCCN3C(=O)OCc3ccccc3)c2)cc1. The van der Waals surface area contributed by atoms with Gasteiger partial charge in [0.05, 0.1) is 12.7 Å². The highest BCUT2D eigenvalue weighted by Gasteiger charge is 2.31. The molecule has 274 valence electrons. The predicted octanol–water partition coefficient (Wildman–Crippen LogP) is 8.37. The standard InChI is InChI=1S/C42H44ClN5O5/c1-28-19-31(21-32(43)20-28)37-23-45-40(44)39(41(49)46-33-11-7-13-36(22-33)52-26-30-14-16-35(51-3)17-15-30)38(37)25-47(2)24-34-12-8-18-48(34)42(50)53-27-29-9-5-4-6-10-29/h4-7,9-11,13-17,19-23,34H,8,12,18,24-27H2,1-3H3,(H2,44,45)(H,46,49)/t34-/m0/s1. The molecule has 0 spiro atoms. The van der Waals surface area contributed by atoms with Crippen molar-refractivity contribution in [1.29, 1.82) is 0 Å². The molecular weight excluding hydrogens is 690 g/mol. The van der Waals surface area contributed by atoms with Gasteiger partial charge in [-0.25, -0.2) is 9.78 Å². The molecule has 1 saturated heterocycles. The maximum absolute atomic E-state index is 14.2. The number of carbonyl (C=O) groups excluding carboxylic acids is 2. The number of nitrogen functional groups attached to an aromatic ring is 1. The molecule has 10 nitrogen and oxygen atoms in total. The highest BCUT2D eigenvalue weighted by Crippen LogP contribution is 2.33. The average Bonchev–Trinajstić information content (AvgIpc) is 3.61. The molecule has 0 aliphatic carbocycles. The lowest BCUT2D eigenvalue weighted by Crippen LogP contribution is -2.42. The normalized spacial score (nSPS) is 13.9. The summed E-state index contributed by atoms with van der Waals surface area (Å²) in [4.78, 5) is 35.7. The van der Waals surface area contributed by atoms with Gasteiger partial charge in [-0.15, -0.1) is 0 Å². The summed E-state index contributed by atoms with van der Waals surface area (Å²) in [5, 5.41) is 3.59. The van der Waals surface area contributed by atoms with Gasteiger partial charge in [-0.2, -0.15) is 0 Å². The first-order chi connectivity index (χ1) is 25.7. The monoisotopic (exact) mass is 733 g/mol. The Morgan fingerprint density at radius 3 is 2.49 bits per heavy atom. The van der Waals surface area contributed by atoms with Crippen molar-refractivity contribution >= 4 is 35.1 Å². The fourth-order valence-electron chi connectivity index (χ4n) is 6.63. The third kappa shape index (κ3) is 9.65. The number of nitrogens with one attached hydrogen (secondary N) is 1. The van der Waals surface area contributed by atoms with Crippen LogP contribution in [0.15, 0.2) is 103 Å². The predicted molar refractivity (Wildman–Crippen MR) is 208 cm³/mol. The number of methoxy groups -OCH3 is 1. The van der Waals surface area contributed by atoms with Gasteiger partial charge in [-0.05, 0) is 91.0 Å². The van der Waals surface area contributed by atoms with Crippen molar-refractivity contribution in [3.8, 4) is 22.6 Å². The van der Waals surface area contributed by atoms with E-state index in [9.17, 15) is 9.59 Å². The number of anilines is 2. The molecule has 5 aromatic rings. The van der Waals surface area contributed by atoms with Crippen molar-refractivity contribution in [1.82, 2.24) is 14.8 Å². The minimum absolute atomic E-state index is 0.0581. The number of aryl methyl sites for hydroxylation is 1. The Hall–Kier alpha value is -5.58. The van der Waals surface area contributed by atoms with E-state index < -0.39 is 5.91 Å². The molecule has 1 aromatic heterocycles. The summed E-state index contributed by atoms with van der Waals surface area (Å²) >= 11 is 6.51. The number of nitrogens with zero attached hydrogens (tertiary/aromatic N) is 3. The molecule has 6 rings (SSSR count). The number of amides is 2. The molecule has 3 N–H and O–H groups in total. The average molecular weight is 734 g/mol. The van der Waals surface area contributed by atoms with E-state index >= 15 is 0 Å². The molecule has 53 heavy (non-hydrogen) atoms. The van der Waals surface area contributed by atoms with Crippen LogP contribution in [0.1, 0.15) is 45.5 Å². The lowest BCUT2D eigenvalue weighted by molar-refractivity contribution is 0.0856. The first-order valence-corrected chi connectivity index (χ1v) is 17.9. The topological polar surface area (TPSA) is 119 Å². The zero-order valence-corrected chi connectivity index (χ0v) is 30.9. The number of benzene rings is 4. The number of rotatable bonds is 13. The van der Waals surface area contributed by atoms with Crippen molar-refractivity contribution in [2.75, 3.05) is 38.3 Å². The molecule has 1 atom stereocenters. The Balaban J connectivity index is 1.22. The molecule has 1 aliphatic rings. The third-order valence-electron chi connectivity index (χ3n) is 9.22. The summed E-state index contributed by atoms with van der Waals surface area (Å²) in [6, 6.07) is 30.2. The molecule has 0 saturated carbocycles. The molecule has 0 bridgehead atoms. The molecule has 0 unspecified atom stereocenters. The summed E-state index contributed by atoms with van der Waals surface area (Å²) in [6.07, 6.45) is 3.08. The molecule has 2 amide bonds. The number of pyridine rings is 1. The van der Waals surface area contributed by atoms with E-state index in [0.717, 1.165) is 46.4 Å². The number of nitrogens with two attached hydrogens (primary N) is 1. The molecule has 0 radical (unpaired) electrons. The molecule has 1 aliphatic heterocycles. The third-order valence-corrected chi connectivity index (χ3v) is 9.44. The number of hydrogen-bond donors (Lipinski definition) is 2. The Morgan fingerprint density at radius 1 is 0.962 bits per heavy atom. The van der Waals surface area contributed by atoms with Crippen LogP contribution in [0.2, 0.25) is 5.02 Å². The van der Waals surface area contributed by atoms with Crippen LogP contribution in [0.4, 0.5) is 16.3 Å². The van der Waals surface area contributed by atoms with E-state index in [-0.39, 0.29) is 30.1 Å². The van der Waals surface area contributed by atoms with Crippen molar-refractivity contribution in [2.45, 2.75) is 45.6 Å². The fourth-order valence-corrected chi connectivity index (χ4v) is 6.92. The maximum Gasteiger partial charge on any atom is 0.410 e. The van der Waals surface area contributed by atoms with E-state index in [0.29, 0.717) is 48.3 Å². The van der Waals surface area contributed by atoms with E-state index in [4.69, 9.17) is 31.5 Å². The summed E-state index contributed by atoms with van der Waals surface area (Å²) in [5.41, 5.74) is 12.5. The van der Waals surface area contributed by atoms with Gasteiger partial charge in [0.1, 0.15) is 30.5 Å². The second-order valence-corrected chi connectivity index (χ2v) is 13.7. The van der Waals surface area contributed by atoms with Crippen LogP contribution < -0.4 is 20.5 Å². The maximum atomic E-state index is 14.2. The second-order valence-electron chi connectivity index (χ2n) is 13.3. The van der Waals surface area contributed by atoms with Gasteiger partial charge in [-0.3, -0.25) is 4.79 Å². The van der Waals surface area contributed by atoms with Gasteiger partial charge in [0.2, 0.25) is 0 Å². The lowest BCUT2D eigenvalue weighted by atomic mass is 9.95. The van der Waals surface area contributed by atoms with Crippen molar-refractivity contribution < 1.29 is 23.8 Å². The summed E-state index contributed by atoms with van der Waals surface area (Å²) in [6.45, 7) is 4.06. The number of likely N-dealkylation sites (N-methyl/N-ethyl adjacent to an activating group) is 1. The quantitative estimate of drug-likeness (QED) is 0.124. The van der Waals surface area contributed by atoms with Crippen LogP contribution in [-0.2, 0) is 24.5 Å². The van der Waals surface area contributed by atoms with Gasteiger partial charge in [0.15, 0.2) is 0 Å². The Labute approximate surface area is 315 Å². The highest BCUT2D eigenvalue weighted by atomic mass is 35.5. The highest BCUT2D eigenvalue weighted by molar-refractivity contribution is 6.31. The van der Waals surface area contributed by atoms with Gasteiger partial charge >= 0.3 is 6.09 Å². The first kappa shape index (κ1) is 37.2. The zero-order valence-electron chi connectivity index (χ0n) is 30.2. The van der Waals surface area contributed by atoms with Crippen LogP contribution in [0, 0.1) is 6.92 Å². The van der Waals surface area contributed by atoms with Gasteiger partial charge < -0.3 is 35.1 Å². The number of carbonyl (C=O) groups is 2. The summed E-state index contributed by atoms with van der Waals surface area (Å²) < 4.78 is 17.0. The van der Waals surface area contributed by atoms with E-state index in [2.05, 4.69) is 15.2 Å². The van der Waals surface area contributed by atoms with Gasteiger partial charge in [0, 0.05) is 54.2 Å². The van der Waals surface area contributed by atoms with Crippen LogP contribution >= 0.6 is 11.6 Å². The smallest absolute Gasteiger partial charge is 0.410 e. The van der Waals surface area contributed by atoms with Crippen LogP contribution in [0.25, 0.3) is 11.1 Å². The fraction of sp³-hybridized carbons (Fsp3) is 0.262. The summed E-state index contributed by atoms with van der Waals surface area (Å²) in [5.74, 6) is 1.06. The lowest BCUT2D eigenvalue weighted by Gasteiger charge is -2.29. The minimum atomic E-state index is -0.404. The van der Waals surface area contributed by atoms with E-state index in [1.807, 2.05) is 98.9 Å². The number of likely N-dealkylation sites (tertiary alicyclic amines) is 1. The molecular formula is C42H44ClN5O5. The molecule has 4 aromatic carbocycles. The van der Waals surface area contributed by atoms with Crippen molar-refractivity contribution in [3.05, 3.63) is 136 Å². The van der Waals surface area contributed by atoms with Crippen molar-refractivity contribution in [2.24, 2.45) is 0 Å². The Bertz CT molecular complexity index is 2020. The largest absolute Gasteiger partial charge is 0.497 e. The molecule has 2 heterocycles. The minimum Gasteiger partial charge on any atom is -0.497 e. The number of ether oxygens (including phenoxy) is 3. The Morgan fingerprint density at radius 2 is 1.74 bits per heavy atom. The van der Waals surface area contributed by atoms with E-state index in [1.165, 1.54) is 0 Å².